The van der Waals surface area contributed by atoms with Gasteiger partial charge in [0.05, 0.1) is 11.2 Å². The van der Waals surface area contributed by atoms with Crippen LogP contribution < -0.4 is 0 Å². The summed E-state index contributed by atoms with van der Waals surface area (Å²) < 4.78 is 1.57. The number of benzene rings is 1. The number of aromatic nitrogens is 4. The minimum atomic E-state index is -1.12. The highest BCUT2D eigenvalue weighted by molar-refractivity contribution is 5.83. The minimum Gasteiger partial charge on any atom is -0.475 e. The highest BCUT2D eigenvalue weighted by Crippen LogP contribution is 2.17. The second-order valence-corrected chi connectivity index (χ2v) is 4.30. The van der Waals surface area contributed by atoms with Crippen LogP contribution in [0.15, 0.2) is 36.5 Å². The largest absolute Gasteiger partial charge is 0.475 e. The van der Waals surface area contributed by atoms with Gasteiger partial charge in [0.2, 0.25) is 0 Å². The van der Waals surface area contributed by atoms with Gasteiger partial charge in [-0.2, -0.15) is 0 Å². The van der Waals surface area contributed by atoms with Crippen LogP contribution in [-0.2, 0) is 6.42 Å². The number of rotatable bonds is 3. The van der Waals surface area contributed by atoms with E-state index in [0.29, 0.717) is 12.2 Å². The third-order valence-corrected chi connectivity index (χ3v) is 3.01. The van der Waals surface area contributed by atoms with Crippen molar-refractivity contribution < 1.29 is 9.90 Å². The van der Waals surface area contributed by atoms with Gasteiger partial charge in [0, 0.05) is 18.0 Å². The standard InChI is InChI=1S/C14H12N4O2/c1-2-12-16-13(14(19)20)17-18(12)10-5-6-11-9(8-10)4-3-7-15-11/h3-8H,2H2,1H3,(H,19,20). The van der Waals surface area contributed by atoms with Gasteiger partial charge in [-0.3, -0.25) is 4.98 Å². The third-order valence-electron chi connectivity index (χ3n) is 3.01. The Balaban J connectivity index is 2.16. The first kappa shape index (κ1) is 12.3. The molecule has 100 valence electrons. The maximum Gasteiger partial charge on any atom is 0.375 e. The summed E-state index contributed by atoms with van der Waals surface area (Å²) in [6.45, 7) is 1.91. The predicted octanol–water partition coefficient (Wildman–Crippen LogP) is 2.08. The number of carboxylic acid groups (broad SMARTS) is 1. The molecule has 6 heteroatoms. The van der Waals surface area contributed by atoms with E-state index < -0.39 is 5.97 Å². The summed E-state index contributed by atoms with van der Waals surface area (Å²) in [4.78, 5) is 19.3. The summed E-state index contributed by atoms with van der Waals surface area (Å²) in [7, 11) is 0. The Morgan fingerprint density at radius 1 is 1.35 bits per heavy atom. The van der Waals surface area contributed by atoms with Gasteiger partial charge < -0.3 is 5.11 Å². The van der Waals surface area contributed by atoms with Crippen molar-refractivity contribution in [1.29, 1.82) is 0 Å². The smallest absolute Gasteiger partial charge is 0.375 e. The Morgan fingerprint density at radius 2 is 2.20 bits per heavy atom. The van der Waals surface area contributed by atoms with Gasteiger partial charge in [0.15, 0.2) is 0 Å². The van der Waals surface area contributed by atoms with Crippen LogP contribution >= 0.6 is 0 Å². The van der Waals surface area contributed by atoms with E-state index in [1.54, 1.807) is 10.9 Å². The molecule has 0 bridgehead atoms. The molecule has 0 saturated heterocycles. The molecule has 0 amide bonds. The topological polar surface area (TPSA) is 80.9 Å². The van der Waals surface area contributed by atoms with Gasteiger partial charge in [0.25, 0.3) is 5.82 Å². The van der Waals surface area contributed by atoms with E-state index in [4.69, 9.17) is 5.11 Å². The van der Waals surface area contributed by atoms with E-state index in [2.05, 4.69) is 15.1 Å². The normalized spacial score (nSPS) is 10.8. The van der Waals surface area contributed by atoms with Crippen LogP contribution in [0, 0.1) is 0 Å². The highest BCUT2D eigenvalue weighted by Gasteiger charge is 2.15. The van der Waals surface area contributed by atoms with E-state index in [1.165, 1.54) is 0 Å². The predicted molar refractivity (Wildman–Crippen MR) is 73.0 cm³/mol. The summed E-state index contributed by atoms with van der Waals surface area (Å²) in [5.41, 5.74) is 1.66. The molecular weight excluding hydrogens is 256 g/mol. The van der Waals surface area contributed by atoms with Gasteiger partial charge >= 0.3 is 5.97 Å². The van der Waals surface area contributed by atoms with Crippen molar-refractivity contribution in [2.45, 2.75) is 13.3 Å². The molecule has 2 heterocycles. The number of aromatic carboxylic acids is 1. The molecule has 0 aliphatic carbocycles. The van der Waals surface area contributed by atoms with Crippen molar-refractivity contribution in [1.82, 2.24) is 19.7 Å². The number of aryl methyl sites for hydroxylation is 1. The minimum absolute atomic E-state index is 0.187. The fourth-order valence-corrected chi connectivity index (χ4v) is 2.07. The lowest BCUT2D eigenvalue weighted by molar-refractivity contribution is 0.0683. The van der Waals surface area contributed by atoms with Crippen molar-refractivity contribution in [3.05, 3.63) is 48.2 Å². The van der Waals surface area contributed by atoms with Gasteiger partial charge in [0.1, 0.15) is 5.82 Å². The average Bonchev–Trinajstić information content (AvgIpc) is 2.91. The summed E-state index contributed by atoms with van der Waals surface area (Å²) in [6.07, 6.45) is 2.34. The lowest BCUT2D eigenvalue weighted by Crippen LogP contribution is -2.03. The Morgan fingerprint density at radius 3 is 2.95 bits per heavy atom. The molecule has 2 aromatic heterocycles. The fourth-order valence-electron chi connectivity index (χ4n) is 2.07. The first-order valence-electron chi connectivity index (χ1n) is 6.23. The number of carboxylic acids is 1. The first-order chi connectivity index (χ1) is 9.69. The van der Waals surface area contributed by atoms with Crippen molar-refractivity contribution in [3.8, 4) is 5.69 Å². The number of carbonyl (C=O) groups is 1. The van der Waals surface area contributed by atoms with Gasteiger partial charge in [-0.05, 0) is 24.3 Å². The maximum atomic E-state index is 11.0. The molecule has 0 fully saturated rings. The molecular formula is C14H12N4O2. The second kappa shape index (κ2) is 4.73. The SMILES string of the molecule is CCc1nc(C(=O)O)nn1-c1ccc2ncccc2c1. The van der Waals surface area contributed by atoms with Crippen LogP contribution in [0.3, 0.4) is 0 Å². The average molecular weight is 268 g/mol. The Kier molecular flexibility index (Phi) is 2.90. The molecule has 1 N–H and O–H groups in total. The third kappa shape index (κ3) is 2.01. The molecule has 0 aliphatic heterocycles. The molecule has 0 spiro atoms. The van der Waals surface area contributed by atoms with Crippen LogP contribution in [-0.4, -0.2) is 30.8 Å². The second-order valence-electron chi connectivity index (χ2n) is 4.30. The van der Waals surface area contributed by atoms with Gasteiger partial charge in [-0.15, -0.1) is 5.10 Å². The fraction of sp³-hybridized carbons (Fsp3) is 0.143. The quantitative estimate of drug-likeness (QED) is 0.786. The van der Waals surface area contributed by atoms with Crippen molar-refractivity contribution >= 4 is 16.9 Å². The van der Waals surface area contributed by atoms with Gasteiger partial charge in [-0.25, -0.2) is 14.5 Å². The number of nitrogens with zero attached hydrogens (tertiary/aromatic N) is 4. The lowest BCUT2D eigenvalue weighted by atomic mass is 10.2. The molecule has 6 nitrogen and oxygen atoms in total. The molecule has 0 radical (unpaired) electrons. The van der Waals surface area contributed by atoms with E-state index in [-0.39, 0.29) is 5.82 Å². The number of hydrogen-bond donors (Lipinski definition) is 1. The highest BCUT2D eigenvalue weighted by atomic mass is 16.4. The molecule has 20 heavy (non-hydrogen) atoms. The Bertz CT molecular complexity index is 795. The van der Waals surface area contributed by atoms with Crippen LogP contribution in [0.1, 0.15) is 23.4 Å². The number of pyridine rings is 1. The summed E-state index contributed by atoms with van der Waals surface area (Å²) in [6, 6.07) is 9.46. The lowest BCUT2D eigenvalue weighted by Gasteiger charge is -2.05. The van der Waals surface area contributed by atoms with E-state index >= 15 is 0 Å². The van der Waals surface area contributed by atoms with Crippen LogP contribution in [0.5, 0.6) is 0 Å². The molecule has 3 aromatic rings. The molecule has 0 atom stereocenters. The van der Waals surface area contributed by atoms with Gasteiger partial charge in [-0.1, -0.05) is 13.0 Å². The Hall–Kier alpha value is -2.76. The zero-order chi connectivity index (χ0) is 14.1. The van der Waals surface area contributed by atoms with Crippen molar-refractivity contribution in [3.63, 3.8) is 0 Å². The summed E-state index contributed by atoms with van der Waals surface area (Å²) in [5, 5.41) is 14.0. The van der Waals surface area contributed by atoms with Crippen LogP contribution in [0.25, 0.3) is 16.6 Å². The summed E-state index contributed by atoms with van der Waals surface area (Å²) in [5.74, 6) is -0.695. The Labute approximate surface area is 114 Å². The maximum absolute atomic E-state index is 11.0. The molecule has 0 aliphatic rings. The molecule has 0 saturated carbocycles. The molecule has 3 rings (SSSR count). The zero-order valence-electron chi connectivity index (χ0n) is 10.8. The van der Waals surface area contributed by atoms with Crippen LogP contribution in [0.2, 0.25) is 0 Å². The van der Waals surface area contributed by atoms with E-state index in [1.807, 2.05) is 37.3 Å². The number of hydrogen-bond acceptors (Lipinski definition) is 4. The molecule has 0 unspecified atom stereocenters. The van der Waals surface area contributed by atoms with Crippen LogP contribution in [0.4, 0.5) is 0 Å². The number of fused-ring (bicyclic) bond motifs is 1. The first-order valence-corrected chi connectivity index (χ1v) is 6.23. The summed E-state index contributed by atoms with van der Waals surface area (Å²) >= 11 is 0. The zero-order valence-corrected chi connectivity index (χ0v) is 10.8. The monoisotopic (exact) mass is 268 g/mol. The van der Waals surface area contributed by atoms with Crippen molar-refractivity contribution in [2.75, 3.05) is 0 Å². The van der Waals surface area contributed by atoms with E-state index in [0.717, 1.165) is 16.6 Å². The van der Waals surface area contributed by atoms with Crippen molar-refractivity contribution in [2.24, 2.45) is 0 Å². The van der Waals surface area contributed by atoms with E-state index in [9.17, 15) is 4.79 Å². The molecule has 1 aromatic carbocycles.